The molecule has 31 heavy (non-hydrogen) atoms. The van der Waals surface area contributed by atoms with Gasteiger partial charge in [0.25, 0.3) is 0 Å². The van der Waals surface area contributed by atoms with E-state index in [1.807, 2.05) is 18.2 Å². The second-order valence-corrected chi connectivity index (χ2v) is 8.14. The van der Waals surface area contributed by atoms with E-state index in [1.54, 1.807) is 33.6 Å². The van der Waals surface area contributed by atoms with Gasteiger partial charge in [0.2, 0.25) is 5.95 Å². The van der Waals surface area contributed by atoms with Crippen molar-refractivity contribution < 1.29 is 14.2 Å². The topological polar surface area (TPSA) is 77.5 Å². The van der Waals surface area contributed by atoms with Gasteiger partial charge in [-0.2, -0.15) is 0 Å². The van der Waals surface area contributed by atoms with Crippen LogP contribution in [0.5, 0.6) is 11.5 Å². The Morgan fingerprint density at radius 2 is 1.84 bits per heavy atom. The lowest BCUT2D eigenvalue weighted by atomic mass is 10.0. The molecule has 0 aliphatic carbocycles. The standard InChI is InChI=1S/C22H24Cl2N4O3/c1-29-11-15-7-14(10-25-15)27-22-26-9-13-6-12(4-5-16(13)28-22)19-20(23)17(30-2)8-18(31-3)21(19)24/h4-6,8-9,14-15,25H,7,10-11H2,1-3H3,(H,26,27,28)/t14-,15-/m0/s1. The third kappa shape index (κ3) is 4.50. The maximum absolute atomic E-state index is 6.56. The molecule has 2 aromatic carbocycles. The van der Waals surface area contributed by atoms with E-state index >= 15 is 0 Å². The van der Waals surface area contributed by atoms with Gasteiger partial charge in [-0.15, -0.1) is 0 Å². The molecule has 2 atom stereocenters. The van der Waals surface area contributed by atoms with Crippen LogP contribution < -0.4 is 20.1 Å². The summed E-state index contributed by atoms with van der Waals surface area (Å²) in [5, 5.41) is 8.55. The zero-order valence-electron chi connectivity index (χ0n) is 17.5. The molecule has 1 aromatic heterocycles. The molecule has 1 saturated heterocycles. The number of hydrogen-bond acceptors (Lipinski definition) is 7. The van der Waals surface area contributed by atoms with E-state index in [9.17, 15) is 0 Å². The molecule has 0 unspecified atom stereocenters. The molecule has 0 spiro atoms. The van der Waals surface area contributed by atoms with Crippen molar-refractivity contribution in [1.29, 1.82) is 0 Å². The summed E-state index contributed by atoms with van der Waals surface area (Å²) in [6.07, 6.45) is 2.76. The highest BCUT2D eigenvalue weighted by Crippen LogP contribution is 2.46. The average Bonchev–Trinajstić information content (AvgIpc) is 3.21. The lowest BCUT2D eigenvalue weighted by Crippen LogP contribution is -2.26. The first-order valence-corrected chi connectivity index (χ1v) is 10.7. The number of anilines is 1. The van der Waals surface area contributed by atoms with Crippen LogP contribution in [0, 0.1) is 0 Å². The molecular weight excluding hydrogens is 439 g/mol. The van der Waals surface area contributed by atoms with Crippen LogP contribution in [-0.2, 0) is 4.74 Å². The fraction of sp³-hybridized carbons (Fsp3) is 0.364. The minimum absolute atomic E-state index is 0.263. The first-order chi connectivity index (χ1) is 15.0. The zero-order chi connectivity index (χ0) is 22.0. The van der Waals surface area contributed by atoms with Crippen molar-refractivity contribution in [3.63, 3.8) is 0 Å². The van der Waals surface area contributed by atoms with Crippen molar-refractivity contribution in [3.8, 4) is 22.6 Å². The molecule has 0 amide bonds. The molecule has 3 aromatic rings. The van der Waals surface area contributed by atoms with E-state index in [4.69, 9.17) is 37.4 Å². The maximum Gasteiger partial charge on any atom is 0.223 e. The Hall–Kier alpha value is -2.32. The van der Waals surface area contributed by atoms with Gasteiger partial charge in [-0.1, -0.05) is 29.3 Å². The normalized spacial score (nSPS) is 18.4. The molecule has 1 aliphatic rings. The Morgan fingerprint density at radius 1 is 1.10 bits per heavy atom. The summed E-state index contributed by atoms with van der Waals surface area (Å²) in [5.41, 5.74) is 2.29. The molecule has 9 heteroatoms. The second kappa shape index (κ2) is 9.44. The summed E-state index contributed by atoms with van der Waals surface area (Å²) in [6.45, 7) is 1.54. The lowest BCUT2D eigenvalue weighted by molar-refractivity contribution is 0.173. The van der Waals surface area contributed by atoms with Gasteiger partial charge in [0.1, 0.15) is 11.5 Å². The summed E-state index contributed by atoms with van der Waals surface area (Å²) >= 11 is 13.1. The fourth-order valence-corrected chi connectivity index (χ4v) is 4.56. The molecule has 0 saturated carbocycles. The number of benzene rings is 2. The third-order valence-electron chi connectivity index (χ3n) is 5.37. The highest BCUT2D eigenvalue weighted by atomic mass is 35.5. The highest BCUT2D eigenvalue weighted by molar-refractivity contribution is 6.41. The Balaban J connectivity index is 1.62. The Morgan fingerprint density at radius 3 is 2.52 bits per heavy atom. The summed E-state index contributed by atoms with van der Waals surface area (Å²) in [4.78, 5) is 9.15. The SMILES string of the molecule is COC[C@@H]1C[C@H](Nc2ncc3cc(-c4c(Cl)c(OC)cc(OC)c4Cl)ccc3n2)CN1. The molecule has 1 aliphatic heterocycles. The Kier molecular flexibility index (Phi) is 6.67. The molecular formula is C22H24Cl2N4O3. The van der Waals surface area contributed by atoms with Gasteiger partial charge in [0, 0.05) is 49.0 Å². The monoisotopic (exact) mass is 462 g/mol. The highest BCUT2D eigenvalue weighted by Gasteiger charge is 2.24. The fourth-order valence-electron chi connectivity index (χ4n) is 3.84. The van der Waals surface area contributed by atoms with Gasteiger partial charge in [0.15, 0.2) is 0 Å². The summed E-state index contributed by atoms with van der Waals surface area (Å²) in [6, 6.07) is 8.09. The summed E-state index contributed by atoms with van der Waals surface area (Å²) < 4.78 is 16.0. The van der Waals surface area contributed by atoms with Crippen molar-refractivity contribution in [2.45, 2.75) is 18.5 Å². The molecule has 1 fully saturated rings. The minimum Gasteiger partial charge on any atom is -0.495 e. The Bertz CT molecular complexity index is 1070. The largest absolute Gasteiger partial charge is 0.495 e. The summed E-state index contributed by atoms with van der Waals surface area (Å²) in [5.74, 6) is 1.58. The zero-order valence-corrected chi connectivity index (χ0v) is 19.0. The van der Waals surface area contributed by atoms with Crippen molar-refractivity contribution in [2.24, 2.45) is 0 Å². The number of rotatable bonds is 7. The van der Waals surface area contributed by atoms with E-state index < -0.39 is 0 Å². The summed E-state index contributed by atoms with van der Waals surface area (Å²) in [7, 11) is 4.82. The van der Waals surface area contributed by atoms with Crippen molar-refractivity contribution in [3.05, 3.63) is 40.5 Å². The van der Waals surface area contributed by atoms with E-state index in [0.717, 1.165) is 29.4 Å². The Labute approximate surface area is 191 Å². The average molecular weight is 463 g/mol. The molecule has 0 radical (unpaired) electrons. The molecule has 2 heterocycles. The van der Waals surface area contributed by atoms with Gasteiger partial charge < -0.3 is 24.8 Å². The van der Waals surface area contributed by atoms with Crippen LogP contribution in [0.4, 0.5) is 5.95 Å². The first kappa shape index (κ1) is 21.9. The molecule has 7 nitrogen and oxygen atoms in total. The number of fused-ring (bicyclic) bond motifs is 1. The van der Waals surface area contributed by atoms with Crippen molar-refractivity contribution in [1.82, 2.24) is 15.3 Å². The van der Waals surface area contributed by atoms with E-state index in [2.05, 4.69) is 20.6 Å². The smallest absolute Gasteiger partial charge is 0.223 e. The van der Waals surface area contributed by atoms with Crippen LogP contribution in [0.25, 0.3) is 22.0 Å². The lowest BCUT2D eigenvalue weighted by Gasteiger charge is -2.15. The number of hydrogen-bond donors (Lipinski definition) is 2. The van der Waals surface area contributed by atoms with E-state index in [0.29, 0.717) is 45.7 Å². The number of ether oxygens (including phenoxy) is 3. The number of nitrogens with zero attached hydrogens (tertiary/aromatic N) is 2. The van der Waals surface area contributed by atoms with Gasteiger partial charge in [-0.3, -0.25) is 0 Å². The third-order valence-corrected chi connectivity index (χ3v) is 6.12. The van der Waals surface area contributed by atoms with Crippen LogP contribution >= 0.6 is 23.2 Å². The number of aromatic nitrogens is 2. The second-order valence-electron chi connectivity index (χ2n) is 7.39. The number of halogens is 2. The van der Waals surface area contributed by atoms with Gasteiger partial charge in [-0.05, 0) is 24.1 Å². The molecule has 2 N–H and O–H groups in total. The predicted octanol–water partition coefficient (Wildman–Crippen LogP) is 4.41. The van der Waals surface area contributed by atoms with Gasteiger partial charge in [0.05, 0.1) is 36.4 Å². The minimum atomic E-state index is 0.263. The van der Waals surface area contributed by atoms with Crippen LogP contribution in [0.2, 0.25) is 10.0 Å². The molecule has 4 rings (SSSR count). The molecule has 164 valence electrons. The van der Waals surface area contributed by atoms with Crippen LogP contribution in [0.15, 0.2) is 30.5 Å². The van der Waals surface area contributed by atoms with Crippen molar-refractivity contribution in [2.75, 3.05) is 39.8 Å². The maximum atomic E-state index is 6.56. The van der Waals surface area contributed by atoms with Crippen LogP contribution in [-0.4, -0.2) is 56.5 Å². The van der Waals surface area contributed by atoms with Crippen molar-refractivity contribution >= 4 is 40.1 Å². The van der Waals surface area contributed by atoms with E-state index in [-0.39, 0.29) is 6.04 Å². The van der Waals surface area contributed by atoms with Gasteiger partial charge in [-0.25, -0.2) is 9.97 Å². The first-order valence-electron chi connectivity index (χ1n) is 9.90. The number of methoxy groups -OCH3 is 3. The van der Waals surface area contributed by atoms with Crippen LogP contribution in [0.1, 0.15) is 6.42 Å². The number of nitrogens with one attached hydrogen (secondary N) is 2. The van der Waals surface area contributed by atoms with E-state index in [1.165, 1.54) is 0 Å². The van der Waals surface area contributed by atoms with Gasteiger partial charge >= 0.3 is 0 Å². The van der Waals surface area contributed by atoms with Crippen LogP contribution in [0.3, 0.4) is 0 Å². The predicted molar refractivity (Wildman–Crippen MR) is 124 cm³/mol. The molecule has 0 bridgehead atoms. The quantitative estimate of drug-likeness (QED) is 0.538.